The van der Waals surface area contributed by atoms with E-state index in [-0.39, 0.29) is 4.82 Å². The summed E-state index contributed by atoms with van der Waals surface area (Å²) in [6, 6.07) is 14.7. The second kappa shape index (κ2) is 5.32. The molecule has 1 amide bonds. The Labute approximate surface area is 109 Å². The lowest BCUT2D eigenvalue weighted by Gasteiger charge is -2.13. The van der Waals surface area contributed by atoms with E-state index in [4.69, 9.17) is 0 Å². The van der Waals surface area contributed by atoms with E-state index in [1.807, 2.05) is 12.1 Å². The molecule has 2 aromatic rings. The number of amides is 1. The number of hydrogen-bond acceptors (Lipinski definition) is 1. The molecule has 0 unspecified atom stereocenters. The van der Waals surface area contributed by atoms with Crippen LogP contribution in [-0.2, 0) is 6.42 Å². The third kappa shape index (κ3) is 3.07. The maximum absolute atomic E-state index is 11.0. The molecule has 0 bridgehead atoms. The fraction of sp³-hybridized carbons (Fsp3) is 0.214. The van der Waals surface area contributed by atoms with Crippen LogP contribution in [0.2, 0.25) is 0 Å². The second-order valence-corrected chi connectivity index (χ2v) is 4.78. The standard InChI is InChI=1S/C14H14BrNO/c1-16(14(15)17)9-8-11-6-7-12-4-2-3-5-13(12)10-11/h2-7,10H,8-9H2,1H3. The number of fused-ring (bicyclic) bond motifs is 1. The molecule has 0 heterocycles. The highest BCUT2D eigenvalue weighted by molar-refractivity contribution is 9.18. The van der Waals surface area contributed by atoms with Gasteiger partial charge in [-0.1, -0.05) is 42.5 Å². The second-order valence-electron chi connectivity index (χ2n) is 4.11. The first-order chi connectivity index (χ1) is 8.16. The summed E-state index contributed by atoms with van der Waals surface area (Å²) in [6.07, 6.45) is 0.874. The number of rotatable bonds is 3. The molecule has 2 aromatic carbocycles. The monoisotopic (exact) mass is 291 g/mol. The molecular weight excluding hydrogens is 278 g/mol. The van der Waals surface area contributed by atoms with Gasteiger partial charge < -0.3 is 4.90 Å². The van der Waals surface area contributed by atoms with Crippen LogP contribution in [0.1, 0.15) is 5.56 Å². The van der Waals surface area contributed by atoms with Gasteiger partial charge in [-0.2, -0.15) is 0 Å². The van der Waals surface area contributed by atoms with Gasteiger partial charge >= 0.3 is 0 Å². The highest BCUT2D eigenvalue weighted by Gasteiger charge is 2.04. The van der Waals surface area contributed by atoms with Crippen molar-refractivity contribution in [3.8, 4) is 0 Å². The summed E-state index contributed by atoms with van der Waals surface area (Å²) in [6.45, 7) is 0.725. The van der Waals surface area contributed by atoms with Gasteiger partial charge in [0, 0.05) is 29.5 Å². The van der Waals surface area contributed by atoms with E-state index in [0.29, 0.717) is 0 Å². The largest absolute Gasteiger partial charge is 0.336 e. The van der Waals surface area contributed by atoms with Crippen molar-refractivity contribution >= 4 is 31.5 Å². The van der Waals surface area contributed by atoms with Crippen LogP contribution >= 0.6 is 15.9 Å². The van der Waals surface area contributed by atoms with Gasteiger partial charge in [0.15, 0.2) is 0 Å². The molecule has 2 rings (SSSR count). The smallest absolute Gasteiger partial charge is 0.289 e. The first-order valence-corrected chi connectivity index (χ1v) is 6.34. The van der Waals surface area contributed by atoms with Crippen LogP contribution < -0.4 is 0 Å². The molecule has 88 valence electrons. The SMILES string of the molecule is CN(CCc1ccc2ccccc2c1)C(=O)Br. The number of halogens is 1. The zero-order valence-corrected chi connectivity index (χ0v) is 11.3. The minimum absolute atomic E-state index is 0.0710. The molecule has 0 radical (unpaired) electrons. The van der Waals surface area contributed by atoms with Crippen molar-refractivity contribution in [3.63, 3.8) is 0 Å². The predicted molar refractivity (Wildman–Crippen MR) is 74.6 cm³/mol. The minimum Gasteiger partial charge on any atom is -0.336 e. The van der Waals surface area contributed by atoms with Crippen LogP contribution in [0, 0.1) is 0 Å². The van der Waals surface area contributed by atoms with Gasteiger partial charge in [0.05, 0.1) is 0 Å². The Morgan fingerprint density at radius 2 is 1.88 bits per heavy atom. The first-order valence-electron chi connectivity index (χ1n) is 5.55. The van der Waals surface area contributed by atoms with E-state index in [9.17, 15) is 4.79 Å². The van der Waals surface area contributed by atoms with E-state index in [1.54, 1.807) is 11.9 Å². The van der Waals surface area contributed by atoms with Crippen molar-refractivity contribution < 1.29 is 4.79 Å². The molecule has 0 N–H and O–H groups in total. The number of hydrogen-bond donors (Lipinski definition) is 0. The molecule has 3 heteroatoms. The normalized spacial score (nSPS) is 10.5. The van der Waals surface area contributed by atoms with Crippen LogP contribution in [0.5, 0.6) is 0 Å². The average Bonchev–Trinajstić information content (AvgIpc) is 2.35. The number of likely N-dealkylation sites (N-methyl/N-ethyl adjacent to an activating group) is 1. The zero-order valence-electron chi connectivity index (χ0n) is 9.69. The van der Waals surface area contributed by atoms with Crippen LogP contribution in [0.4, 0.5) is 4.79 Å². The molecule has 0 saturated heterocycles. The van der Waals surface area contributed by atoms with Crippen LogP contribution in [0.15, 0.2) is 42.5 Å². The molecule has 0 fully saturated rings. The first kappa shape index (κ1) is 12.1. The molecule has 0 saturated carbocycles. The van der Waals surface area contributed by atoms with Gasteiger partial charge in [-0.15, -0.1) is 0 Å². The summed E-state index contributed by atoms with van der Waals surface area (Å²) in [7, 11) is 1.79. The van der Waals surface area contributed by atoms with E-state index in [1.165, 1.54) is 16.3 Å². The quantitative estimate of drug-likeness (QED) is 0.622. The zero-order chi connectivity index (χ0) is 12.3. The van der Waals surface area contributed by atoms with E-state index >= 15 is 0 Å². The summed E-state index contributed by atoms with van der Waals surface area (Å²) in [4.78, 5) is 12.6. The van der Waals surface area contributed by atoms with E-state index in [0.717, 1.165) is 13.0 Å². The third-order valence-corrected chi connectivity index (χ3v) is 3.46. The fourth-order valence-electron chi connectivity index (χ4n) is 1.78. The lowest BCUT2D eigenvalue weighted by molar-refractivity contribution is 0.235. The average molecular weight is 292 g/mol. The van der Waals surface area contributed by atoms with Gasteiger partial charge in [0.25, 0.3) is 4.82 Å². The maximum atomic E-state index is 11.0. The van der Waals surface area contributed by atoms with Gasteiger partial charge in [0.1, 0.15) is 0 Å². The molecule has 0 atom stereocenters. The molecule has 0 aliphatic rings. The number of nitrogens with zero attached hydrogens (tertiary/aromatic N) is 1. The lowest BCUT2D eigenvalue weighted by atomic mass is 10.1. The summed E-state index contributed by atoms with van der Waals surface area (Å²) >= 11 is 2.94. The molecule has 0 aliphatic carbocycles. The Morgan fingerprint density at radius 3 is 2.59 bits per heavy atom. The molecule has 17 heavy (non-hydrogen) atoms. The number of benzene rings is 2. The van der Waals surface area contributed by atoms with Crippen LogP contribution in [-0.4, -0.2) is 23.3 Å². The van der Waals surface area contributed by atoms with E-state index in [2.05, 4.69) is 46.3 Å². The van der Waals surface area contributed by atoms with Crippen molar-refractivity contribution in [2.24, 2.45) is 0 Å². The van der Waals surface area contributed by atoms with Crippen molar-refractivity contribution in [2.45, 2.75) is 6.42 Å². The van der Waals surface area contributed by atoms with Crippen molar-refractivity contribution in [1.82, 2.24) is 4.90 Å². The van der Waals surface area contributed by atoms with Gasteiger partial charge in [-0.05, 0) is 22.8 Å². The summed E-state index contributed by atoms with van der Waals surface area (Å²) in [5, 5.41) is 2.50. The Kier molecular flexibility index (Phi) is 3.79. The van der Waals surface area contributed by atoms with Crippen molar-refractivity contribution in [2.75, 3.05) is 13.6 Å². The van der Waals surface area contributed by atoms with E-state index < -0.39 is 0 Å². The highest BCUT2D eigenvalue weighted by Crippen LogP contribution is 2.16. The van der Waals surface area contributed by atoms with Crippen molar-refractivity contribution in [3.05, 3.63) is 48.0 Å². The summed E-state index contributed by atoms with van der Waals surface area (Å²) in [5.74, 6) is 0. The Balaban J connectivity index is 2.12. The van der Waals surface area contributed by atoms with Gasteiger partial charge in [-0.25, -0.2) is 0 Å². The summed E-state index contributed by atoms with van der Waals surface area (Å²) < 4.78 is 0. The van der Waals surface area contributed by atoms with Crippen LogP contribution in [0.25, 0.3) is 10.8 Å². The maximum Gasteiger partial charge on any atom is 0.289 e. The lowest BCUT2D eigenvalue weighted by Crippen LogP contribution is -2.23. The molecule has 0 aliphatic heterocycles. The van der Waals surface area contributed by atoms with Gasteiger partial charge in [0.2, 0.25) is 0 Å². The van der Waals surface area contributed by atoms with Gasteiger partial charge in [-0.3, -0.25) is 4.79 Å². The summed E-state index contributed by atoms with van der Waals surface area (Å²) in [5.41, 5.74) is 1.25. The number of carbonyl (C=O) groups is 1. The molecule has 0 spiro atoms. The Morgan fingerprint density at radius 1 is 1.18 bits per heavy atom. The molecule has 2 nitrogen and oxygen atoms in total. The third-order valence-electron chi connectivity index (χ3n) is 2.85. The Bertz CT molecular complexity index is 538. The minimum atomic E-state index is -0.0710. The van der Waals surface area contributed by atoms with Crippen molar-refractivity contribution in [1.29, 1.82) is 0 Å². The molecule has 0 aromatic heterocycles. The Hall–Kier alpha value is -1.35. The van der Waals surface area contributed by atoms with Crippen LogP contribution in [0.3, 0.4) is 0 Å². The molecular formula is C14H14BrNO. The highest BCUT2D eigenvalue weighted by atomic mass is 79.9. The predicted octanol–water partition coefficient (Wildman–Crippen LogP) is 3.83. The topological polar surface area (TPSA) is 20.3 Å². The number of carbonyl (C=O) groups excluding carboxylic acids is 1. The fourth-order valence-corrected chi connectivity index (χ4v) is 1.96.